The van der Waals surface area contributed by atoms with E-state index in [1.165, 1.54) is 0 Å². The van der Waals surface area contributed by atoms with Gasteiger partial charge in [-0.1, -0.05) is 0 Å². The number of hydrogen-bond acceptors (Lipinski definition) is 4. The summed E-state index contributed by atoms with van der Waals surface area (Å²) in [6.07, 6.45) is 0.650. The predicted molar refractivity (Wildman–Crippen MR) is 60.7 cm³/mol. The number of hydrogen-bond donors (Lipinski definition) is 4. The highest BCUT2D eigenvalue weighted by molar-refractivity contribution is 5.77. The van der Waals surface area contributed by atoms with E-state index in [-0.39, 0.29) is 19.6 Å². The number of primary amides is 1. The molecule has 0 bridgehead atoms. The Kier molecular flexibility index (Phi) is 5.37. The summed E-state index contributed by atoms with van der Waals surface area (Å²) in [5.41, 5.74) is 4.94. The molecule has 1 rings (SSSR count). The Balaban J connectivity index is 2.23. The third-order valence-electron chi connectivity index (χ3n) is 2.60. The summed E-state index contributed by atoms with van der Waals surface area (Å²) in [5, 5.41) is 13.9. The van der Waals surface area contributed by atoms with Gasteiger partial charge >= 0.3 is 12.0 Å². The van der Waals surface area contributed by atoms with Crippen LogP contribution in [0.1, 0.15) is 12.8 Å². The summed E-state index contributed by atoms with van der Waals surface area (Å²) in [6.45, 7) is 0.591. The number of amides is 3. The van der Waals surface area contributed by atoms with Crippen molar-refractivity contribution in [1.29, 1.82) is 0 Å². The molecule has 0 saturated carbocycles. The highest BCUT2D eigenvalue weighted by Crippen LogP contribution is 2.13. The van der Waals surface area contributed by atoms with E-state index in [0.717, 1.165) is 0 Å². The molecule has 3 amide bonds. The minimum Gasteiger partial charge on any atom is -0.481 e. The lowest BCUT2D eigenvalue weighted by atomic mass is 10.0. The van der Waals surface area contributed by atoms with Crippen LogP contribution in [-0.4, -0.2) is 48.8 Å². The van der Waals surface area contributed by atoms with Crippen molar-refractivity contribution in [2.45, 2.75) is 18.9 Å². The molecule has 0 aliphatic carbocycles. The number of carboxylic acids is 1. The number of aliphatic carboxylic acids is 1. The quantitative estimate of drug-likeness (QED) is 0.438. The van der Waals surface area contributed by atoms with E-state index in [0.29, 0.717) is 13.0 Å². The molecule has 8 heteroatoms. The molecule has 1 heterocycles. The van der Waals surface area contributed by atoms with Gasteiger partial charge in [-0.25, -0.2) is 4.79 Å². The highest BCUT2D eigenvalue weighted by Gasteiger charge is 2.34. The van der Waals surface area contributed by atoms with Gasteiger partial charge < -0.3 is 26.2 Å². The van der Waals surface area contributed by atoms with Crippen molar-refractivity contribution < 1.29 is 24.2 Å². The Bertz CT molecular complexity index is 333. The molecule has 8 nitrogen and oxygen atoms in total. The normalized spacial score (nSPS) is 22.4. The van der Waals surface area contributed by atoms with Crippen LogP contribution < -0.4 is 16.4 Å². The van der Waals surface area contributed by atoms with E-state index in [4.69, 9.17) is 15.6 Å². The summed E-state index contributed by atoms with van der Waals surface area (Å²) >= 11 is 0. The van der Waals surface area contributed by atoms with E-state index in [2.05, 4.69) is 10.6 Å². The van der Waals surface area contributed by atoms with Gasteiger partial charge in [-0.15, -0.1) is 0 Å². The molecule has 0 radical (unpaired) electrons. The summed E-state index contributed by atoms with van der Waals surface area (Å²) in [7, 11) is 0. The number of ether oxygens (including phenoxy) is 1. The first-order chi connectivity index (χ1) is 8.50. The SMILES string of the molecule is NC(=O)CCCNC(=O)NC1COCC1C(=O)O. The minimum absolute atomic E-state index is 0.0992. The van der Waals surface area contributed by atoms with Crippen molar-refractivity contribution in [3.05, 3.63) is 0 Å². The third kappa shape index (κ3) is 4.58. The average molecular weight is 259 g/mol. The van der Waals surface area contributed by atoms with Gasteiger partial charge in [-0.2, -0.15) is 0 Å². The zero-order valence-electron chi connectivity index (χ0n) is 9.85. The average Bonchev–Trinajstić information content (AvgIpc) is 2.72. The van der Waals surface area contributed by atoms with Crippen molar-refractivity contribution >= 4 is 17.9 Å². The highest BCUT2D eigenvalue weighted by atomic mass is 16.5. The Hall–Kier alpha value is -1.83. The van der Waals surface area contributed by atoms with Gasteiger partial charge in [0.1, 0.15) is 5.92 Å². The first-order valence-corrected chi connectivity index (χ1v) is 5.64. The molecule has 2 atom stereocenters. The molecule has 1 saturated heterocycles. The van der Waals surface area contributed by atoms with Crippen molar-refractivity contribution in [1.82, 2.24) is 10.6 Å². The van der Waals surface area contributed by atoms with Gasteiger partial charge in [0.05, 0.1) is 19.3 Å². The summed E-state index contributed by atoms with van der Waals surface area (Å²) in [4.78, 5) is 32.7. The molecule has 102 valence electrons. The predicted octanol–water partition coefficient (Wildman–Crippen LogP) is -1.35. The fourth-order valence-electron chi connectivity index (χ4n) is 1.62. The second-order valence-corrected chi connectivity index (χ2v) is 4.06. The van der Waals surface area contributed by atoms with E-state index < -0.39 is 29.9 Å². The van der Waals surface area contributed by atoms with Crippen molar-refractivity contribution in [2.24, 2.45) is 11.7 Å². The summed E-state index contributed by atoms with van der Waals surface area (Å²) in [5.74, 6) is -2.14. The molecule has 1 fully saturated rings. The molecule has 0 aromatic carbocycles. The van der Waals surface area contributed by atoms with Crippen LogP contribution in [0.4, 0.5) is 4.79 Å². The zero-order chi connectivity index (χ0) is 13.5. The lowest BCUT2D eigenvalue weighted by Gasteiger charge is -2.16. The van der Waals surface area contributed by atoms with Crippen molar-refractivity contribution in [3.8, 4) is 0 Å². The summed E-state index contributed by atoms with van der Waals surface area (Å²) < 4.78 is 5.00. The largest absolute Gasteiger partial charge is 0.481 e. The molecular weight excluding hydrogens is 242 g/mol. The van der Waals surface area contributed by atoms with Crippen LogP contribution in [-0.2, 0) is 14.3 Å². The van der Waals surface area contributed by atoms with E-state index in [1.54, 1.807) is 0 Å². The van der Waals surface area contributed by atoms with E-state index >= 15 is 0 Å². The molecule has 18 heavy (non-hydrogen) atoms. The monoisotopic (exact) mass is 259 g/mol. The van der Waals surface area contributed by atoms with Crippen LogP contribution in [0.2, 0.25) is 0 Å². The number of nitrogens with two attached hydrogens (primary N) is 1. The maximum Gasteiger partial charge on any atom is 0.315 e. The fraction of sp³-hybridized carbons (Fsp3) is 0.700. The number of carbonyl (C=O) groups excluding carboxylic acids is 2. The van der Waals surface area contributed by atoms with Crippen LogP contribution >= 0.6 is 0 Å². The van der Waals surface area contributed by atoms with Crippen LogP contribution in [0.25, 0.3) is 0 Å². The van der Waals surface area contributed by atoms with Gasteiger partial charge in [0, 0.05) is 13.0 Å². The van der Waals surface area contributed by atoms with Gasteiger partial charge in [-0.05, 0) is 6.42 Å². The molecule has 0 spiro atoms. The first kappa shape index (κ1) is 14.2. The number of urea groups is 1. The number of carboxylic acid groups (broad SMARTS) is 1. The Morgan fingerprint density at radius 2 is 2.06 bits per heavy atom. The van der Waals surface area contributed by atoms with Crippen molar-refractivity contribution in [2.75, 3.05) is 19.8 Å². The molecule has 0 aromatic heterocycles. The smallest absolute Gasteiger partial charge is 0.315 e. The molecule has 2 unspecified atom stereocenters. The Morgan fingerprint density at radius 1 is 1.33 bits per heavy atom. The molecule has 1 aliphatic heterocycles. The number of nitrogens with one attached hydrogen (secondary N) is 2. The maximum atomic E-state index is 11.4. The van der Waals surface area contributed by atoms with Gasteiger partial charge in [0.15, 0.2) is 0 Å². The lowest BCUT2D eigenvalue weighted by molar-refractivity contribution is -0.142. The Morgan fingerprint density at radius 3 is 2.67 bits per heavy atom. The van der Waals surface area contributed by atoms with Gasteiger partial charge in [-0.3, -0.25) is 9.59 Å². The number of rotatable bonds is 6. The van der Waals surface area contributed by atoms with Gasteiger partial charge in [0.25, 0.3) is 0 Å². The Labute approximate surface area is 104 Å². The molecule has 1 aliphatic rings. The van der Waals surface area contributed by atoms with Gasteiger partial charge in [0.2, 0.25) is 5.91 Å². The second kappa shape index (κ2) is 6.80. The zero-order valence-corrected chi connectivity index (χ0v) is 9.85. The third-order valence-corrected chi connectivity index (χ3v) is 2.60. The topological polar surface area (TPSA) is 131 Å². The van der Waals surface area contributed by atoms with Crippen LogP contribution in [0.15, 0.2) is 0 Å². The second-order valence-electron chi connectivity index (χ2n) is 4.06. The molecule has 0 aromatic rings. The molecule has 5 N–H and O–H groups in total. The first-order valence-electron chi connectivity index (χ1n) is 5.64. The van der Waals surface area contributed by atoms with Crippen LogP contribution in [0, 0.1) is 5.92 Å². The minimum atomic E-state index is -0.994. The van der Waals surface area contributed by atoms with Crippen molar-refractivity contribution in [3.63, 3.8) is 0 Å². The maximum absolute atomic E-state index is 11.4. The van der Waals surface area contributed by atoms with Crippen LogP contribution in [0.5, 0.6) is 0 Å². The summed E-state index contributed by atoms with van der Waals surface area (Å²) in [6, 6.07) is -1.00. The standard InChI is InChI=1S/C10H17N3O5/c11-8(14)2-1-3-12-10(17)13-7-5-18-4-6(7)9(15)16/h6-7H,1-5H2,(H2,11,14)(H,15,16)(H2,12,13,17). The lowest BCUT2D eigenvalue weighted by Crippen LogP contribution is -2.47. The fourth-order valence-corrected chi connectivity index (χ4v) is 1.62. The van der Waals surface area contributed by atoms with E-state index in [1.807, 2.05) is 0 Å². The number of carbonyl (C=O) groups is 3. The van der Waals surface area contributed by atoms with E-state index in [9.17, 15) is 14.4 Å². The molecular formula is C10H17N3O5. The van der Waals surface area contributed by atoms with Crippen LogP contribution in [0.3, 0.4) is 0 Å².